The van der Waals surface area contributed by atoms with Crippen molar-refractivity contribution in [3.63, 3.8) is 0 Å². The molecule has 0 aromatic heterocycles. The van der Waals surface area contributed by atoms with Crippen LogP contribution in [-0.4, -0.2) is 12.5 Å². The van der Waals surface area contributed by atoms with E-state index >= 15 is 0 Å². The predicted molar refractivity (Wildman–Crippen MR) is 29.0 cm³/mol. The molecule has 1 N–H and O–H groups in total. The van der Waals surface area contributed by atoms with E-state index in [4.69, 9.17) is 0 Å². The van der Waals surface area contributed by atoms with Gasteiger partial charge in [-0.3, -0.25) is 4.79 Å². The molecule has 0 spiro atoms. The molecule has 0 aromatic rings. The number of carbonyl (C=O) groups excluding carboxylic acids is 1. The maximum atomic E-state index is 10.1. The molecule has 0 aromatic carbocycles. The molecule has 0 atom stereocenters. The van der Waals surface area contributed by atoms with Crippen molar-refractivity contribution in [1.82, 2.24) is 5.32 Å². The third kappa shape index (κ3) is 9.42. The predicted octanol–water partition coefficient (Wildman–Crippen LogP) is -2.46. The van der Waals surface area contributed by atoms with Gasteiger partial charge in [-0.1, -0.05) is 6.92 Å². The monoisotopic (exact) mass is 108 g/mol. The Bertz CT molecular complexity index is 65.4. The summed E-state index contributed by atoms with van der Waals surface area (Å²) >= 11 is 0. The average Bonchev–Trinajstić information content (AvgIpc) is 1.61. The second-order valence-electron chi connectivity index (χ2n) is 1.48. The van der Waals surface area contributed by atoms with E-state index < -0.39 is 0 Å². The molecular formula is C5H11LiNO+. The van der Waals surface area contributed by atoms with Crippen molar-refractivity contribution in [2.75, 3.05) is 6.54 Å². The van der Waals surface area contributed by atoms with Crippen molar-refractivity contribution < 1.29 is 23.7 Å². The quantitative estimate of drug-likeness (QED) is 0.390. The van der Waals surface area contributed by atoms with E-state index in [2.05, 4.69) is 5.32 Å². The third-order valence-electron chi connectivity index (χ3n) is 0.624. The van der Waals surface area contributed by atoms with Crippen molar-refractivity contribution in [3.05, 3.63) is 0 Å². The topological polar surface area (TPSA) is 29.1 Å². The van der Waals surface area contributed by atoms with E-state index in [1.807, 2.05) is 6.92 Å². The van der Waals surface area contributed by atoms with Crippen LogP contribution in [0.5, 0.6) is 0 Å². The molecule has 0 unspecified atom stereocenters. The molecule has 0 radical (unpaired) electrons. The van der Waals surface area contributed by atoms with Gasteiger partial charge in [-0.25, -0.2) is 0 Å². The summed E-state index contributed by atoms with van der Waals surface area (Å²) in [5.74, 6) is 0.0573. The largest absolute Gasteiger partial charge is 1.00 e. The summed E-state index contributed by atoms with van der Waals surface area (Å²) in [6.07, 6.45) is 1.01. The first kappa shape index (κ1) is 10.9. The molecule has 1 amide bonds. The van der Waals surface area contributed by atoms with Crippen LogP contribution in [0.2, 0.25) is 0 Å². The molecule has 42 valence electrons. The van der Waals surface area contributed by atoms with Gasteiger partial charge in [-0.2, -0.15) is 0 Å². The van der Waals surface area contributed by atoms with E-state index in [-0.39, 0.29) is 24.8 Å². The van der Waals surface area contributed by atoms with E-state index in [9.17, 15) is 4.79 Å². The molecule has 0 aliphatic rings. The van der Waals surface area contributed by atoms with Gasteiger partial charge in [0.15, 0.2) is 0 Å². The molecule has 0 aliphatic heterocycles. The zero-order valence-electron chi connectivity index (χ0n) is 5.82. The standard InChI is InChI=1S/C5H11NO.Li/c1-3-4-6-5(2)7;/h3-4H2,1-2H3,(H,6,7);/q;+1. The zero-order valence-corrected chi connectivity index (χ0v) is 5.82. The maximum absolute atomic E-state index is 10.1. The van der Waals surface area contributed by atoms with Gasteiger partial charge < -0.3 is 5.32 Å². The number of amides is 1. The van der Waals surface area contributed by atoms with Crippen molar-refractivity contribution in [2.45, 2.75) is 20.3 Å². The SMILES string of the molecule is CCCNC(C)=O.[Li+]. The Morgan fingerprint density at radius 3 is 2.25 bits per heavy atom. The Hall–Kier alpha value is 0.0674. The number of hydrogen-bond donors (Lipinski definition) is 1. The zero-order chi connectivity index (χ0) is 5.70. The molecule has 2 nitrogen and oxygen atoms in total. The van der Waals surface area contributed by atoms with Gasteiger partial charge in [0.25, 0.3) is 0 Å². The first-order chi connectivity index (χ1) is 3.27. The van der Waals surface area contributed by atoms with Gasteiger partial charge >= 0.3 is 18.9 Å². The Morgan fingerprint density at radius 1 is 1.62 bits per heavy atom. The summed E-state index contributed by atoms with van der Waals surface area (Å²) in [5.41, 5.74) is 0. The molecule has 3 heteroatoms. The summed E-state index contributed by atoms with van der Waals surface area (Å²) < 4.78 is 0. The molecule has 0 aliphatic carbocycles. The third-order valence-corrected chi connectivity index (χ3v) is 0.624. The van der Waals surface area contributed by atoms with Gasteiger partial charge in [0.2, 0.25) is 5.91 Å². The van der Waals surface area contributed by atoms with Gasteiger partial charge in [0.05, 0.1) is 0 Å². The Morgan fingerprint density at radius 2 is 2.12 bits per heavy atom. The number of rotatable bonds is 2. The summed E-state index contributed by atoms with van der Waals surface area (Å²) in [4.78, 5) is 10.1. The van der Waals surface area contributed by atoms with E-state index in [0.29, 0.717) is 0 Å². The number of carbonyl (C=O) groups is 1. The van der Waals surface area contributed by atoms with Crippen molar-refractivity contribution >= 4 is 5.91 Å². The van der Waals surface area contributed by atoms with Crippen LogP contribution < -0.4 is 24.2 Å². The van der Waals surface area contributed by atoms with E-state index in [1.54, 1.807) is 0 Å². The molecule has 0 saturated heterocycles. The fourth-order valence-electron chi connectivity index (χ4n) is 0.301. The van der Waals surface area contributed by atoms with Crippen LogP contribution in [0.25, 0.3) is 0 Å². The molecule has 0 rings (SSSR count). The van der Waals surface area contributed by atoms with Gasteiger partial charge in [0.1, 0.15) is 0 Å². The molecule has 0 saturated carbocycles. The van der Waals surface area contributed by atoms with Crippen LogP contribution in [0, 0.1) is 0 Å². The van der Waals surface area contributed by atoms with Gasteiger partial charge in [0, 0.05) is 13.5 Å². The minimum absolute atomic E-state index is 0. The molecule has 0 fully saturated rings. The second-order valence-corrected chi connectivity index (χ2v) is 1.48. The smallest absolute Gasteiger partial charge is 0.356 e. The maximum Gasteiger partial charge on any atom is 1.00 e. The van der Waals surface area contributed by atoms with E-state index in [0.717, 1.165) is 13.0 Å². The van der Waals surface area contributed by atoms with Crippen LogP contribution >= 0.6 is 0 Å². The van der Waals surface area contributed by atoms with Crippen LogP contribution in [0.1, 0.15) is 20.3 Å². The first-order valence-corrected chi connectivity index (χ1v) is 2.51. The minimum Gasteiger partial charge on any atom is -0.356 e. The fraction of sp³-hybridized carbons (Fsp3) is 0.800. The average molecular weight is 108 g/mol. The normalized spacial score (nSPS) is 7.25. The Balaban J connectivity index is 0. The van der Waals surface area contributed by atoms with E-state index in [1.165, 1.54) is 6.92 Å². The molecular weight excluding hydrogens is 97.0 g/mol. The summed E-state index contributed by atoms with van der Waals surface area (Å²) in [6, 6.07) is 0. The minimum atomic E-state index is 0. The van der Waals surface area contributed by atoms with Crippen molar-refractivity contribution in [3.8, 4) is 0 Å². The van der Waals surface area contributed by atoms with Gasteiger partial charge in [-0.15, -0.1) is 0 Å². The fourth-order valence-corrected chi connectivity index (χ4v) is 0.301. The molecule has 0 bridgehead atoms. The Labute approximate surface area is 62.2 Å². The molecule has 8 heavy (non-hydrogen) atoms. The second kappa shape index (κ2) is 7.07. The van der Waals surface area contributed by atoms with Crippen molar-refractivity contribution in [2.24, 2.45) is 0 Å². The summed E-state index contributed by atoms with van der Waals surface area (Å²) in [7, 11) is 0. The van der Waals surface area contributed by atoms with Crippen molar-refractivity contribution in [1.29, 1.82) is 0 Å². The number of hydrogen-bond acceptors (Lipinski definition) is 1. The van der Waals surface area contributed by atoms with Crippen LogP contribution in [0.4, 0.5) is 0 Å². The first-order valence-electron chi connectivity index (χ1n) is 2.51. The van der Waals surface area contributed by atoms with Crippen LogP contribution in [-0.2, 0) is 4.79 Å². The van der Waals surface area contributed by atoms with Crippen LogP contribution in [0.15, 0.2) is 0 Å². The van der Waals surface area contributed by atoms with Gasteiger partial charge in [-0.05, 0) is 6.42 Å². The Kier molecular flexibility index (Phi) is 9.67. The summed E-state index contributed by atoms with van der Waals surface area (Å²) in [5, 5.41) is 2.66. The summed E-state index contributed by atoms with van der Waals surface area (Å²) in [6.45, 7) is 4.35. The number of nitrogens with one attached hydrogen (secondary N) is 1. The van der Waals surface area contributed by atoms with Crippen LogP contribution in [0.3, 0.4) is 0 Å². The molecule has 0 heterocycles.